The summed E-state index contributed by atoms with van der Waals surface area (Å²) in [6.45, 7) is 1.29. The van der Waals surface area contributed by atoms with Crippen LogP contribution in [-0.2, 0) is 15.3 Å². The van der Waals surface area contributed by atoms with Crippen LogP contribution < -0.4 is 4.90 Å². The van der Waals surface area contributed by atoms with Gasteiger partial charge in [-0.05, 0) is 42.7 Å². The van der Waals surface area contributed by atoms with Gasteiger partial charge in [0.2, 0.25) is 5.91 Å². The number of hydrogen-bond donors (Lipinski definition) is 0. The number of ether oxygens (including phenoxy) is 1. The summed E-state index contributed by atoms with van der Waals surface area (Å²) in [4.78, 5) is 19.5. The molecule has 1 saturated heterocycles. The van der Waals surface area contributed by atoms with Gasteiger partial charge in [0, 0.05) is 12.4 Å². The molecule has 1 aliphatic heterocycles. The number of amides is 1. The van der Waals surface area contributed by atoms with E-state index in [1.54, 1.807) is 17.0 Å². The molecule has 0 unspecified atom stereocenters. The summed E-state index contributed by atoms with van der Waals surface area (Å²) < 4.78 is 19.9. The second kappa shape index (κ2) is 9.03. The highest BCUT2D eigenvalue weighted by Crippen LogP contribution is 2.30. The van der Waals surface area contributed by atoms with Crippen molar-refractivity contribution in [1.29, 1.82) is 0 Å². The number of benzene rings is 2. The van der Waals surface area contributed by atoms with Crippen LogP contribution in [0.2, 0.25) is 0 Å². The fourth-order valence-corrected chi connectivity index (χ4v) is 5.02. The van der Waals surface area contributed by atoms with Crippen LogP contribution in [0.15, 0.2) is 48.5 Å². The summed E-state index contributed by atoms with van der Waals surface area (Å²) >= 11 is 3.07. The molecule has 0 radical (unpaired) electrons. The molecule has 4 rings (SSSR count). The standard InChI is InChI=1S/C21H21FN2O2S2/c22-16-9-7-15(8-10-16)13-27-14-20(25)24(12-17-4-3-11-26-17)21-23-18-5-1-2-6-19(18)28-21/h1-2,5-10,17H,3-4,11-14H2/t17-/m1/s1. The van der Waals surface area contributed by atoms with E-state index in [1.807, 2.05) is 24.3 Å². The molecule has 1 aliphatic rings. The minimum absolute atomic E-state index is 0.0293. The number of carbonyl (C=O) groups excluding carboxylic acids is 1. The Kier molecular flexibility index (Phi) is 6.24. The molecule has 28 heavy (non-hydrogen) atoms. The SMILES string of the molecule is O=C(CSCc1ccc(F)cc1)N(C[C@H]1CCCO1)c1nc2ccccc2s1. The van der Waals surface area contributed by atoms with Gasteiger partial charge in [0.05, 0.1) is 28.6 Å². The fraction of sp³-hybridized carbons (Fsp3) is 0.333. The highest BCUT2D eigenvalue weighted by Gasteiger charge is 2.26. The Hall–Kier alpha value is -1.96. The summed E-state index contributed by atoms with van der Waals surface area (Å²) in [6, 6.07) is 14.3. The topological polar surface area (TPSA) is 42.4 Å². The van der Waals surface area contributed by atoms with Gasteiger partial charge in [0.25, 0.3) is 0 Å². The van der Waals surface area contributed by atoms with E-state index in [-0.39, 0.29) is 17.8 Å². The normalized spacial score (nSPS) is 16.5. The van der Waals surface area contributed by atoms with E-state index in [0.717, 1.165) is 40.4 Å². The van der Waals surface area contributed by atoms with E-state index in [2.05, 4.69) is 4.98 Å². The number of para-hydroxylation sites is 1. The Balaban J connectivity index is 1.45. The number of nitrogens with zero attached hydrogens (tertiary/aromatic N) is 2. The number of rotatable bonds is 7. The minimum atomic E-state index is -0.247. The number of carbonyl (C=O) groups is 1. The van der Waals surface area contributed by atoms with Gasteiger partial charge in [-0.3, -0.25) is 9.69 Å². The molecule has 1 atom stereocenters. The van der Waals surface area contributed by atoms with Gasteiger partial charge >= 0.3 is 0 Å². The maximum absolute atomic E-state index is 13.0. The van der Waals surface area contributed by atoms with Crippen molar-refractivity contribution >= 4 is 44.4 Å². The van der Waals surface area contributed by atoms with E-state index < -0.39 is 0 Å². The van der Waals surface area contributed by atoms with Gasteiger partial charge in [-0.1, -0.05) is 35.6 Å². The van der Waals surface area contributed by atoms with Crippen molar-refractivity contribution < 1.29 is 13.9 Å². The van der Waals surface area contributed by atoms with Crippen LogP contribution in [0.25, 0.3) is 10.2 Å². The third-order valence-electron chi connectivity index (χ3n) is 4.63. The molecule has 146 valence electrons. The third-order valence-corrected chi connectivity index (χ3v) is 6.68. The van der Waals surface area contributed by atoms with Gasteiger partial charge in [0.15, 0.2) is 5.13 Å². The fourth-order valence-electron chi connectivity index (χ4n) is 3.17. The van der Waals surface area contributed by atoms with Crippen molar-refractivity contribution in [2.45, 2.75) is 24.7 Å². The maximum atomic E-state index is 13.0. The monoisotopic (exact) mass is 416 g/mol. The number of anilines is 1. The molecule has 0 spiro atoms. The largest absolute Gasteiger partial charge is 0.376 e. The summed E-state index contributed by atoms with van der Waals surface area (Å²) in [6.07, 6.45) is 2.07. The first-order chi connectivity index (χ1) is 13.7. The zero-order chi connectivity index (χ0) is 19.3. The van der Waals surface area contributed by atoms with Crippen molar-refractivity contribution in [2.24, 2.45) is 0 Å². The van der Waals surface area contributed by atoms with E-state index in [9.17, 15) is 9.18 Å². The van der Waals surface area contributed by atoms with Gasteiger partial charge in [-0.2, -0.15) is 0 Å². The lowest BCUT2D eigenvalue weighted by Crippen LogP contribution is -2.38. The molecule has 2 aromatic carbocycles. The first-order valence-corrected chi connectivity index (χ1v) is 11.3. The molecule has 1 amide bonds. The number of thioether (sulfide) groups is 1. The van der Waals surface area contributed by atoms with Crippen LogP contribution in [0.4, 0.5) is 9.52 Å². The van der Waals surface area contributed by atoms with Crippen molar-refractivity contribution in [1.82, 2.24) is 4.98 Å². The second-order valence-corrected chi connectivity index (χ2v) is 8.72. The number of hydrogen-bond acceptors (Lipinski definition) is 5. The number of thiazole rings is 1. The Bertz CT molecular complexity index is 906. The van der Waals surface area contributed by atoms with E-state index in [0.29, 0.717) is 18.1 Å². The lowest BCUT2D eigenvalue weighted by Gasteiger charge is -2.23. The first kappa shape index (κ1) is 19.4. The van der Waals surface area contributed by atoms with Crippen LogP contribution in [0.3, 0.4) is 0 Å². The summed E-state index contributed by atoms with van der Waals surface area (Å²) in [5.74, 6) is 0.796. The summed E-state index contributed by atoms with van der Waals surface area (Å²) in [5.41, 5.74) is 1.91. The molecule has 7 heteroatoms. The zero-order valence-corrected chi connectivity index (χ0v) is 17.0. The highest BCUT2D eigenvalue weighted by atomic mass is 32.2. The predicted molar refractivity (Wildman–Crippen MR) is 114 cm³/mol. The minimum Gasteiger partial charge on any atom is -0.376 e. The third kappa shape index (κ3) is 4.71. The molecule has 1 aromatic heterocycles. The smallest absolute Gasteiger partial charge is 0.238 e. The number of fused-ring (bicyclic) bond motifs is 1. The van der Waals surface area contributed by atoms with Crippen molar-refractivity contribution in [2.75, 3.05) is 23.8 Å². The van der Waals surface area contributed by atoms with Gasteiger partial charge in [-0.15, -0.1) is 11.8 Å². The van der Waals surface area contributed by atoms with Gasteiger partial charge in [0.1, 0.15) is 5.82 Å². The molecular weight excluding hydrogens is 395 g/mol. The average Bonchev–Trinajstić information content (AvgIpc) is 3.36. The highest BCUT2D eigenvalue weighted by molar-refractivity contribution is 7.99. The predicted octanol–water partition coefficient (Wildman–Crippen LogP) is 4.88. The number of halogens is 1. The molecule has 0 bridgehead atoms. The molecule has 3 aromatic rings. The summed E-state index contributed by atoms with van der Waals surface area (Å²) in [7, 11) is 0. The van der Waals surface area contributed by atoms with Crippen LogP contribution in [-0.4, -0.2) is 35.9 Å². The molecule has 4 nitrogen and oxygen atoms in total. The molecule has 0 saturated carbocycles. The Morgan fingerprint density at radius 1 is 1.25 bits per heavy atom. The van der Waals surface area contributed by atoms with Crippen molar-refractivity contribution in [3.63, 3.8) is 0 Å². The quantitative estimate of drug-likeness (QED) is 0.550. The van der Waals surface area contributed by atoms with Crippen LogP contribution in [0.5, 0.6) is 0 Å². The average molecular weight is 417 g/mol. The lowest BCUT2D eigenvalue weighted by atomic mass is 10.2. The first-order valence-electron chi connectivity index (χ1n) is 9.29. The molecule has 0 aliphatic carbocycles. The van der Waals surface area contributed by atoms with Gasteiger partial charge in [-0.25, -0.2) is 9.37 Å². The lowest BCUT2D eigenvalue weighted by molar-refractivity contribution is -0.116. The van der Waals surface area contributed by atoms with E-state index in [4.69, 9.17) is 4.74 Å². The van der Waals surface area contributed by atoms with E-state index >= 15 is 0 Å². The Morgan fingerprint density at radius 3 is 2.82 bits per heavy atom. The Morgan fingerprint density at radius 2 is 2.07 bits per heavy atom. The van der Waals surface area contributed by atoms with Crippen LogP contribution >= 0.6 is 23.1 Å². The van der Waals surface area contributed by atoms with Gasteiger partial charge < -0.3 is 4.74 Å². The number of aromatic nitrogens is 1. The second-order valence-electron chi connectivity index (χ2n) is 6.72. The molecule has 2 heterocycles. The maximum Gasteiger partial charge on any atom is 0.238 e. The molecule has 1 fully saturated rings. The molecular formula is C21H21FN2O2S2. The van der Waals surface area contributed by atoms with Crippen LogP contribution in [0, 0.1) is 5.82 Å². The van der Waals surface area contributed by atoms with E-state index in [1.165, 1.54) is 35.2 Å². The van der Waals surface area contributed by atoms with Crippen molar-refractivity contribution in [3.05, 3.63) is 59.9 Å². The zero-order valence-electron chi connectivity index (χ0n) is 15.3. The van der Waals surface area contributed by atoms with Crippen LogP contribution in [0.1, 0.15) is 18.4 Å². The molecule has 0 N–H and O–H groups in total. The van der Waals surface area contributed by atoms with Crippen molar-refractivity contribution in [3.8, 4) is 0 Å². The Labute approximate surface area is 171 Å². The summed E-state index contributed by atoms with van der Waals surface area (Å²) in [5, 5.41) is 0.726.